The van der Waals surface area contributed by atoms with Crippen LogP contribution in [0.15, 0.2) is 0 Å². The zero-order chi connectivity index (χ0) is 23.4. The molecule has 0 aromatic heterocycles. The summed E-state index contributed by atoms with van der Waals surface area (Å²) in [6, 6.07) is 0. The molecule has 0 aliphatic carbocycles. The Morgan fingerprint density at radius 2 is 0.862 bits per heavy atom. The first kappa shape index (κ1) is 29.4. The predicted octanol–water partition coefficient (Wildman–Crippen LogP) is 5.29. The molecule has 0 atom stereocenters. The van der Waals surface area contributed by atoms with Gasteiger partial charge in [0.05, 0.1) is 0 Å². The largest absolute Gasteiger partial charge is 0.424 e. The normalized spacial score (nSPS) is 15.2. The molecule has 3 nitrogen and oxygen atoms in total. The van der Waals surface area contributed by atoms with E-state index in [0.29, 0.717) is 0 Å². The van der Waals surface area contributed by atoms with Crippen LogP contribution in [-0.2, 0) is 9.74 Å². The summed E-state index contributed by atoms with van der Waals surface area (Å²) in [7, 11) is 0. The summed E-state index contributed by atoms with van der Waals surface area (Å²) < 4.78 is 214. The van der Waals surface area contributed by atoms with Gasteiger partial charge in [-0.2, -0.15) is 61.5 Å². The SMILES string of the molecule is N.O=C(OF)C(F)(F)C(F)(F)C(F)(F)C(F)(F)C(F)(F)C(F)(F)C(F)(F)C(F)F. The van der Waals surface area contributed by atoms with E-state index in [9.17, 15) is 79.6 Å². The fourth-order valence-corrected chi connectivity index (χ4v) is 1.31. The highest BCUT2D eigenvalue weighted by atomic mass is 19.4. The van der Waals surface area contributed by atoms with Crippen LogP contribution in [0.5, 0.6) is 0 Å². The van der Waals surface area contributed by atoms with Crippen LogP contribution in [0.1, 0.15) is 0 Å². The average molecular weight is 481 g/mol. The van der Waals surface area contributed by atoms with Crippen molar-refractivity contribution in [1.29, 1.82) is 0 Å². The Kier molecular flexibility index (Phi) is 7.60. The van der Waals surface area contributed by atoms with Crippen molar-refractivity contribution in [3.63, 3.8) is 0 Å². The van der Waals surface area contributed by atoms with Crippen molar-refractivity contribution in [1.82, 2.24) is 6.15 Å². The molecular formula is C9H4F17NO2. The lowest BCUT2D eigenvalue weighted by atomic mass is 9.89. The van der Waals surface area contributed by atoms with Gasteiger partial charge in [0, 0.05) is 4.53 Å². The second-order valence-electron chi connectivity index (χ2n) is 4.73. The van der Waals surface area contributed by atoms with Gasteiger partial charge in [-0.05, 0) is 0 Å². The highest BCUT2D eigenvalue weighted by Crippen LogP contribution is 2.62. The summed E-state index contributed by atoms with van der Waals surface area (Å²) in [4.78, 5) is 11.3. The Labute approximate surface area is 146 Å². The molecular weight excluding hydrogens is 477 g/mol. The summed E-state index contributed by atoms with van der Waals surface area (Å²) in [5.41, 5.74) is 0. The number of carbonyl (C=O) groups is 1. The monoisotopic (exact) mass is 481 g/mol. The topological polar surface area (TPSA) is 61.3 Å². The van der Waals surface area contributed by atoms with Crippen LogP contribution < -0.4 is 6.15 Å². The molecule has 0 heterocycles. The van der Waals surface area contributed by atoms with Crippen molar-refractivity contribution >= 4 is 5.97 Å². The van der Waals surface area contributed by atoms with Crippen LogP contribution in [0.2, 0.25) is 0 Å². The minimum Gasteiger partial charge on any atom is -0.344 e. The number of hydrogen-bond acceptors (Lipinski definition) is 3. The molecule has 29 heavy (non-hydrogen) atoms. The first-order chi connectivity index (χ1) is 11.9. The van der Waals surface area contributed by atoms with Crippen LogP contribution in [0.3, 0.4) is 0 Å². The summed E-state index contributed by atoms with van der Waals surface area (Å²) in [5, 5.41) is 0. The van der Waals surface area contributed by atoms with Gasteiger partial charge in [0.25, 0.3) is 0 Å². The summed E-state index contributed by atoms with van der Waals surface area (Å²) >= 11 is 0. The average Bonchev–Trinajstić information content (AvgIpc) is 2.52. The Morgan fingerprint density at radius 3 is 1.14 bits per heavy atom. The minimum absolute atomic E-state index is 0. The van der Waals surface area contributed by atoms with E-state index in [-0.39, 0.29) is 6.15 Å². The quantitative estimate of drug-likeness (QED) is 0.480. The van der Waals surface area contributed by atoms with E-state index in [1.54, 1.807) is 0 Å². The maximum Gasteiger partial charge on any atom is 0.424 e. The maximum absolute atomic E-state index is 13.0. The van der Waals surface area contributed by atoms with Crippen LogP contribution in [0.25, 0.3) is 0 Å². The number of alkyl halides is 16. The van der Waals surface area contributed by atoms with Gasteiger partial charge < -0.3 is 6.15 Å². The van der Waals surface area contributed by atoms with Gasteiger partial charge in [0.2, 0.25) is 0 Å². The Balaban J connectivity index is 0. The smallest absolute Gasteiger partial charge is 0.344 e. The molecule has 0 aliphatic heterocycles. The molecule has 0 amide bonds. The van der Waals surface area contributed by atoms with E-state index in [1.807, 2.05) is 0 Å². The Bertz CT molecular complexity index is 600. The summed E-state index contributed by atoms with van der Waals surface area (Å²) in [5.74, 6) is -61.6. The van der Waals surface area contributed by atoms with E-state index in [2.05, 4.69) is 0 Å². The van der Waals surface area contributed by atoms with Gasteiger partial charge in [0.1, 0.15) is 0 Å². The van der Waals surface area contributed by atoms with Crippen molar-refractivity contribution < 1.29 is 84.5 Å². The molecule has 0 spiro atoms. The second kappa shape index (κ2) is 7.49. The van der Waals surface area contributed by atoms with E-state index in [4.69, 9.17) is 0 Å². The van der Waals surface area contributed by atoms with Gasteiger partial charge in [0.15, 0.2) is 0 Å². The van der Waals surface area contributed by atoms with E-state index >= 15 is 0 Å². The van der Waals surface area contributed by atoms with Gasteiger partial charge in [-0.15, -0.1) is 0 Å². The van der Waals surface area contributed by atoms with Gasteiger partial charge in [-0.25, -0.2) is 18.5 Å². The zero-order valence-electron chi connectivity index (χ0n) is 12.5. The number of halogens is 17. The van der Waals surface area contributed by atoms with Crippen molar-refractivity contribution in [3.05, 3.63) is 0 Å². The molecule has 0 saturated heterocycles. The predicted molar refractivity (Wildman–Crippen MR) is 52.9 cm³/mol. The van der Waals surface area contributed by atoms with Gasteiger partial charge in [-0.1, -0.05) is 0 Å². The summed E-state index contributed by atoms with van der Waals surface area (Å²) in [6.07, 6.45) is -5.96. The van der Waals surface area contributed by atoms with Crippen molar-refractivity contribution in [3.8, 4) is 0 Å². The first-order valence-corrected chi connectivity index (χ1v) is 5.68. The van der Waals surface area contributed by atoms with Crippen LogP contribution in [0, 0.1) is 0 Å². The third-order valence-electron chi connectivity index (χ3n) is 2.99. The van der Waals surface area contributed by atoms with Gasteiger partial charge in [-0.3, -0.25) is 0 Å². The van der Waals surface area contributed by atoms with E-state index < -0.39 is 53.9 Å². The zero-order valence-corrected chi connectivity index (χ0v) is 12.5. The lowest BCUT2D eigenvalue weighted by molar-refractivity contribution is -0.445. The maximum atomic E-state index is 13.0. The molecule has 0 bridgehead atoms. The molecule has 0 aromatic carbocycles. The lowest BCUT2D eigenvalue weighted by Gasteiger charge is -2.41. The van der Waals surface area contributed by atoms with Crippen molar-refractivity contribution in [2.45, 2.75) is 47.9 Å². The van der Waals surface area contributed by atoms with Crippen LogP contribution in [-0.4, -0.2) is 53.9 Å². The Hall–Kier alpha value is -1.76. The fraction of sp³-hybridized carbons (Fsp3) is 0.889. The standard InChI is InChI=1S/C9HF17O2.H3N/c10-1(11)3(12,13)5(16,17)7(20,21)9(24,25)8(22,23)6(18,19)4(14,15)2(27)28-26;/h1H;1H3. The molecule has 0 aliphatic rings. The first-order valence-electron chi connectivity index (χ1n) is 5.68. The molecule has 3 N–H and O–H groups in total. The number of rotatable bonds is 8. The van der Waals surface area contributed by atoms with Crippen molar-refractivity contribution in [2.24, 2.45) is 0 Å². The third kappa shape index (κ3) is 3.51. The number of hydrogen-bond donors (Lipinski definition) is 1. The molecule has 0 unspecified atom stereocenters. The molecule has 0 radical (unpaired) electrons. The fourth-order valence-electron chi connectivity index (χ4n) is 1.31. The Morgan fingerprint density at radius 1 is 0.586 bits per heavy atom. The third-order valence-corrected chi connectivity index (χ3v) is 2.99. The second-order valence-corrected chi connectivity index (χ2v) is 4.73. The highest BCUT2D eigenvalue weighted by molar-refractivity contribution is 5.78. The van der Waals surface area contributed by atoms with Crippen molar-refractivity contribution in [2.75, 3.05) is 0 Å². The molecule has 20 heteroatoms. The molecule has 0 aromatic rings. The molecule has 0 saturated carbocycles. The van der Waals surface area contributed by atoms with Crippen LogP contribution >= 0.6 is 0 Å². The lowest BCUT2D eigenvalue weighted by Crippen LogP contribution is -2.74. The van der Waals surface area contributed by atoms with Crippen LogP contribution in [0.4, 0.5) is 74.8 Å². The summed E-state index contributed by atoms with van der Waals surface area (Å²) in [6.45, 7) is 0. The van der Waals surface area contributed by atoms with E-state index in [1.165, 1.54) is 4.94 Å². The molecule has 0 rings (SSSR count). The van der Waals surface area contributed by atoms with E-state index in [0.717, 1.165) is 0 Å². The van der Waals surface area contributed by atoms with Gasteiger partial charge >= 0.3 is 53.9 Å². The number of carbonyl (C=O) groups excluding carboxylic acids is 1. The molecule has 176 valence electrons. The minimum atomic E-state index is -8.65. The molecule has 0 fully saturated rings. The highest BCUT2D eigenvalue weighted by Gasteiger charge is 2.94.